The molecule has 1 aliphatic heterocycles. The summed E-state index contributed by atoms with van der Waals surface area (Å²) >= 11 is 3.54. The van der Waals surface area contributed by atoms with E-state index in [4.69, 9.17) is 9.47 Å². The van der Waals surface area contributed by atoms with Gasteiger partial charge >= 0.3 is 0 Å². The van der Waals surface area contributed by atoms with Crippen molar-refractivity contribution in [2.24, 2.45) is 0 Å². The minimum absolute atomic E-state index is 0.324. The predicted octanol–water partition coefficient (Wildman–Crippen LogP) is 3.55. The van der Waals surface area contributed by atoms with Crippen molar-refractivity contribution >= 4 is 15.9 Å². The Morgan fingerprint density at radius 2 is 2.35 bits per heavy atom. The second kappa shape index (κ2) is 8.01. The zero-order valence-electron chi connectivity index (χ0n) is 12.3. The Bertz CT molecular complexity index is 419. The fourth-order valence-electron chi connectivity index (χ4n) is 2.73. The van der Waals surface area contributed by atoms with Crippen LogP contribution >= 0.6 is 15.9 Å². The van der Waals surface area contributed by atoms with Crippen LogP contribution in [-0.4, -0.2) is 32.4 Å². The average Bonchev–Trinajstić information content (AvgIpc) is 2.97. The van der Waals surface area contributed by atoms with Gasteiger partial charge < -0.3 is 14.8 Å². The number of hydrogen-bond acceptors (Lipinski definition) is 3. The summed E-state index contributed by atoms with van der Waals surface area (Å²) in [5, 5.41) is 3.63. The lowest BCUT2D eigenvalue weighted by molar-refractivity contribution is 0.0782. The minimum atomic E-state index is 0.324. The van der Waals surface area contributed by atoms with Gasteiger partial charge in [0, 0.05) is 17.1 Å². The molecule has 2 rings (SSSR count). The maximum Gasteiger partial charge on any atom is 0.122 e. The molecule has 1 heterocycles. The molecule has 1 aromatic carbocycles. The first-order valence-corrected chi connectivity index (χ1v) is 8.21. The largest absolute Gasteiger partial charge is 0.496 e. The van der Waals surface area contributed by atoms with Gasteiger partial charge in [0.25, 0.3) is 0 Å². The van der Waals surface area contributed by atoms with Crippen molar-refractivity contribution in [2.45, 2.75) is 44.8 Å². The molecule has 0 spiro atoms. The summed E-state index contributed by atoms with van der Waals surface area (Å²) in [5.74, 6) is 0.953. The van der Waals surface area contributed by atoms with Crippen LogP contribution < -0.4 is 10.1 Å². The summed E-state index contributed by atoms with van der Waals surface area (Å²) in [6, 6.07) is 6.55. The first-order valence-electron chi connectivity index (χ1n) is 7.42. The van der Waals surface area contributed by atoms with E-state index in [1.54, 1.807) is 7.11 Å². The van der Waals surface area contributed by atoms with Crippen molar-refractivity contribution in [3.63, 3.8) is 0 Å². The third kappa shape index (κ3) is 4.21. The molecule has 4 heteroatoms. The Labute approximate surface area is 130 Å². The summed E-state index contributed by atoms with van der Waals surface area (Å²) < 4.78 is 12.4. The van der Waals surface area contributed by atoms with E-state index in [0.717, 1.165) is 42.6 Å². The standard InChI is InChI=1S/C16H24BrNO2/c1-3-8-18-14(16-5-4-9-20-16)11-12-10-13(17)6-7-15(12)19-2/h6-7,10,14,16,18H,3-5,8-9,11H2,1-2H3. The summed E-state index contributed by atoms with van der Waals surface area (Å²) in [7, 11) is 1.73. The smallest absolute Gasteiger partial charge is 0.122 e. The molecule has 0 aromatic heterocycles. The molecule has 0 amide bonds. The monoisotopic (exact) mass is 341 g/mol. The van der Waals surface area contributed by atoms with Crippen molar-refractivity contribution in [1.29, 1.82) is 0 Å². The lowest BCUT2D eigenvalue weighted by Gasteiger charge is -2.25. The number of methoxy groups -OCH3 is 1. The van der Waals surface area contributed by atoms with E-state index in [1.807, 2.05) is 12.1 Å². The Morgan fingerprint density at radius 1 is 1.50 bits per heavy atom. The third-order valence-corrected chi connectivity index (χ3v) is 4.25. The Morgan fingerprint density at radius 3 is 3.00 bits per heavy atom. The number of halogens is 1. The van der Waals surface area contributed by atoms with Crippen LogP contribution in [0.2, 0.25) is 0 Å². The first kappa shape index (κ1) is 15.8. The lowest BCUT2D eigenvalue weighted by atomic mass is 9.98. The first-order chi connectivity index (χ1) is 9.74. The Balaban J connectivity index is 2.11. The van der Waals surface area contributed by atoms with Gasteiger partial charge in [0.05, 0.1) is 13.2 Å². The summed E-state index contributed by atoms with van der Waals surface area (Å²) in [5.41, 5.74) is 1.23. The number of hydrogen-bond donors (Lipinski definition) is 1. The molecule has 0 aliphatic carbocycles. The van der Waals surface area contributed by atoms with E-state index in [0.29, 0.717) is 12.1 Å². The molecule has 2 atom stereocenters. The van der Waals surface area contributed by atoms with Crippen molar-refractivity contribution in [2.75, 3.05) is 20.3 Å². The second-order valence-electron chi connectivity index (χ2n) is 5.27. The van der Waals surface area contributed by atoms with E-state index in [2.05, 4.69) is 34.2 Å². The predicted molar refractivity (Wildman–Crippen MR) is 85.5 cm³/mol. The van der Waals surface area contributed by atoms with Gasteiger partial charge in [0.1, 0.15) is 5.75 Å². The van der Waals surface area contributed by atoms with Crippen molar-refractivity contribution in [3.8, 4) is 5.75 Å². The quantitative estimate of drug-likeness (QED) is 0.822. The molecule has 112 valence electrons. The molecule has 0 saturated carbocycles. The lowest BCUT2D eigenvalue weighted by Crippen LogP contribution is -2.41. The fraction of sp³-hybridized carbons (Fsp3) is 0.625. The second-order valence-corrected chi connectivity index (χ2v) is 6.19. The highest BCUT2D eigenvalue weighted by Crippen LogP contribution is 2.26. The third-order valence-electron chi connectivity index (χ3n) is 3.75. The molecule has 2 unspecified atom stereocenters. The molecule has 1 fully saturated rings. The van der Waals surface area contributed by atoms with Gasteiger partial charge in [-0.15, -0.1) is 0 Å². The van der Waals surface area contributed by atoms with E-state index in [-0.39, 0.29) is 0 Å². The number of benzene rings is 1. The summed E-state index contributed by atoms with van der Waals surface area (Å²) in [6.07, 6.45) is 4.72. The van der Waals surface area contributed by atoms with Crippen LogP contribution in [0.1, 0.15) is 31.7 Å². The van der Waals surface area contributed by atoms with Crippen LogP contribution in [0, 0.1) is 0 Å². The average molecular weight is 342 g/mol. The van der Waals surface area contributed by atoms with Gasteiger partial charge in [0.15, 0.2) is 0 Å². The molecule has 1 N–H and O–H groups in total. The molecule has 0 bridgehead atoms. The molecule has 0 radical (unpaired) electrons. The summed E-state index contributed by atoms with van der Waals surface area (Å²) in [6.45, 7) is 4.12. The Kier molecular flexibility index (Phi) is 6.33. The Hall–Kier alpha value is -0.580. The number of rotatable bonds is 7. The molecular weight excluding hydrogens is 318 g/mol. The molecule has 1 aromatic rings. The highest BCUT2D eigenvalue weighted by molar-refractivity contribution is 9.10. The molecule has 1 saturated heterocycles. The zero-order valence-corrected chi connectivity index (χ0v) is 13.9. The van der Waals surface area contributed by atoms with Gasteiger partial charge in [-0.1, -0.05) is 22.9 Å². The number of ether oxygens (including phenoxy) is 2. The van der Waals surface area contributed by atoms with E-state index in [1.165, 1.54) is 12.0 Å². The zero-order chi connectivity index (χ0) is 14.4. The molecule has 20 heavy (non-hydrogen) atoms. The SMILES string of the molecule is CCCNC(Cc1cc(Br)ccc1OC)C1CCCO1. The van der Waals surface area contributed by atoms with Crippen LogP contribution in [0.25, 0.3) is 0 Å². The topological polar surface area (TPSA) is 30.5 Å². The van der Waals surface area contributed by atoms with Crippen molar-refractivity contribution < 1.29 is 9.47 Å². The van der Waals surface area contributed by atoms with Crippen LogP contribution in [-0.2, 0) is 11.2 Å². The number of nitrogens with one attached hydrogen (secondary N) is 1. The van der Waals surface area contributed by atoms with Crippen LogP contribution in [0.4, 0.5) is 0 Å². The van der Waals surface area contributed by atoms with Gasteiger partial charge in [-0.3, -0.25) is 0 Å². The fourth-order valence-corrected chi connectivity index (χ4v) is 3.14. The minimum Gasteiger partial charge on any atom is -0.496 e. The van der Waals surface area contributed by atoms with Crippen LogP contribution in [0.5, 0.6) is 5.75 Å². The molecule has 1 aliphatic rings. The summed E-state index contributed by atoms with van der Waals surface area (Å²) in [4.78, 5) is 0. The molecular formula is C16H24BrNO2. The van der Waals surface area contributed by atoms with Gasteiger partial charge in [-0.05, 0) is 56.0 Å². The van der Waals surface area contributed by atoms with E-state index in [9.17, 15) is 0 Å². The van der Waals surface area contributed by atoms with Crippen molar-refractivity contribution in [1.82, 2.24) is 5.32 Å². The highest BCUT2D eigenvalue weighted by atomic mass is 79.9. The van der Waals surface area contributed by atoms with Gasteiger partial charge in [-0.2, -0.15) is 0 Å². The van der Waals surface area contributed by atoms with Gasteiger partial charge in [-0.25, -0.2) is 0 Å². The highest BCUT2D eigenvalue weighted by Gasteiger charge is 2.26. The normalized spacial score (nSPS) is 20.1. The van der Waals surface area contributed by atoms with Crippen molar-refractivity contribution in [3.05, 3.63) is 28.2 Å². The van der Waals surface area contributed by atoms with E-state index >= 15 is 0 Å². The maximum absolute atomic E-state index is 5.87. The molecule has 3 nitrogen and oxygen atoms in total. The van der Waals surface area contributed by atoms with Gasteiger partial charge in [0.2, 0.25) is 0 Å². The maximum atomic E-state index is 5.87. The van der Waals surface area contributed by atoms with Crippen LogP contribution in [0.3, 0.4) is 0 Å². The van der Waals surface area contributed by atoms with E-state index < -0.39 is 0 Å². The van der Waals surface area contributed by atoms with Crippen LogP contribution in [0.15, 0.2) is 22.7 Å².